The van der Waals surface area contributed by atoms with Crippen LogP contribution in [0.25, 0.3) is 10.6 Å². The third-order valence-electron chi connectivity index (χ3n) is 5.71. The van der Waals surface area contributed by atoms with Crippen molar-refractivity contribution >= 4 is 50.7 Å². The fourth-order valence-electron chi connectivity index (χ4n) is 3.71. The number of rotatable bonds is 13. The number of carbonyl (C=O) groups is 2. The van der Waals surface area contributed by atoms with Crippen LogP contribution in [0.15, 0.2) is 59.8 Å². The summed E-state index contributed by atoms with van der Waals surface area (Å²) in [5.74, 6) is -0.278. The Morgan fingerprint density at radius 3 is 2.42 bits per heavy atom. The quantitative estimate of drug-likeness (QED) is 0.146. The largest absolute Gasteiger partial charge is 0.439 e. The lowest BCUT2D eigenvalue weighted by Crippen LogP contribution is -2.49. The molecule has 1 aromatic carbocycles. The van der Waals surface area contributed by atoms with Crippen LogP contribution in [0, 0.1) is 5.92 Å². The van der Waals surface area contributed by atoms with E-state index in [4.69, 9.17) is 14.3 Å². The number of alkyl carbamates (subject to hydrolysis) is 1. The molecule has 0 radical (unpaired) electrons. The Balaban J connectivity index is 1.85. The summed E-state index contributed by atoms with van der Waals surface area (Å²) in [5.41, 5.74) is 0.887. The summed E-state index contributed by atoms with van der Waals surface area (Å²) in [6.07, 6.45) is 1.51. The van der Waals surface area contributed by atoms with Gasteiger partial charge < -0.3 is 15.4 Å². The summed E-state index contributed by atoms with van der Waals surface area (Å²) in [7, 11) is -4.40. The molecule has 0 saturated carbocycles. The maximum Gasteiger partial charge on any atom is 0.408 e. The highest BCUT2D eigenvalue weighted by Gasteiger charge is 2.29. The first kappa shape index (κ1) is 31.3. The zero-order chi connectivity index (χ0) is 29.5. The number of thiazole rings is 1. The van der Waals surface area contributed by atoms with Crippen molar-refractivity contribution in [3.05, 3.63) is 70.4 Å². The van der Waals surface area contributed by atoms with E-state index in [1.807, 2.05) is 41.5 Å². The number of nitrogens with zero attached hydrogens (tertiary/aromatic N) is 1. The lowest BCUT2D eigenvalue weighted by atomic mass is 10.0. The van der Waals surface area contributed by atoms with Gasteiger partial charge in [0, 0.05) is 5.38 Å². The Labute approximate surface area is 242 Å². The summed E-state index contributed by atoms with van der Waals surface area (Å²) in [6.45, 7) is 11.0. The highest BCUT2D eigenvalue weighted by Crippen LogP contribution is 2.30. The summed E-state index contributed by atoms with van der Waals surface area (Å²) >= 11 is 2.97. The number of hydrogen-bond acceptors (Lipinski definition) is 8. The van der Waals surface area contributed by atoms with Crippen LogP contribution in [-0.4, -0.2) is 41.6 Å². The van der Waals surface area contributed by atoms with Crippen molar-refractivity contribution in [1.82, 2.24) is 15.6 Å². The molecule has 0 unspecified atom stereocenters. The van der Waals surface area contributed by atoms with Gasteiger partial charge in [0.1, 0.15) is 16.7 Å². The molecule has 0 aliphatic heterocycles. The van der Waals surface area contributed by atoms with Gasteiger partial charge in [-0.2, -0.15) is 8.42 Å². The van der Waals surface area contributed by atoms with Crippen molar-refractivity contribution in [2.45, 2.75) is 58.2 Å². The predicted octanol–water partition coefficient (Wildman–Crippen LogP) is 5.59. The first-order valence-electron chi connectivity index (χ1n) is 12.5. The Kier molecular flexibility index (Phi) is 10.5. The zero-order valence-corrected chi connectivity index (χ0v) is 25.2. The topological polar surface area (TPSA) is 147 Å². The fraction of sp³-hybridized carbons (Fsp3) is 0.370. The second kappa shape index (κ2) is 13.4. The van der Waals surface area contributed by atoms with E-state index >= 15 is 0 Å². The molecule has 4 N–H and O–H groups in total. The molecule has 2 heterocycles. The molecule has 2 aromatic heterocycles. The molecular weight excluding hydrogens is 573 g/mol. The van der Waals surface area contributed by atoms with Crippen molar-refractivity contribution in [3.8, 4) is 10.6 Å². The second-order valence-corrected chi connectivity index (χ2v) is 13.1. The lowest BCUT2D eigenvalue weighted by molar-refractivity contribution is -0.124. The minimum Gasteiger partial charge on any atom is -0.439 e. The predicted molar refractivity (Wildman–Crippen MR) is 159 cm³/mol. The molecule has 0 spiro atoms. The van der Waals surface area contributed by atoms with Crippen LogP contribution in [0.4, 0.5) is 10.5 Å². The monoisotopic (exact) mass is 606 g/mol. The van der Waals surface area contributed by atoms with Crippen LogP contribution >= 0.6 is 22.7 Å². The van der Waals surface area contributed by atoms with E-state index in [0.29, 0.717) is 17.8 Å². The maximum absolute atomic E-state index is 13.5. The summed E-state index contributed by atoms with van der Waals surface area (Å²) in [6, 6.07) is 8.94. The molecule has 10 nitrogen and oxygen atoms in total. The van der Waals surface area contributed by atoms with E-state index in [9.17, 15) is 18.0 Å². The number of aromatic nitrogens is 1. The van der Waals surface area contributed by atoms with E-state index in [1.54, 1.807) is 37.3 Å². The molecule has 0 fully saturated rings. The molecule has 0 aliphatic rings. The van der Waals surface area contributed by atoms with Crippen molar-refractivity contribution in [3.63, 3.8) is 0 Å². The number of nitrogens with one attached hydrogen (secondary N) is 3. The van der Waals surface area contributed by atoms with Gasteiger partial charge in [-0.3, -0.25) is 14.1 Å². The van der Waals surface area contributed by atoms with Crippen LogP contribution in [0.3, 0.4) is 0 Å². The highest BCUT2D eigenvalue weighted by atomic mass is 32.2. The minimum absolute atomic E-state index is 0.107. The van der Waals surface area contributed by atoms with Crippen molar-refractivity contribution in [1.29, 1.82) is 0 Å². The fourth-order valence-corrected chi connectivity index (χ4v) is 5.77. The van der Waals surface area contributed by atoms with Crippen LogP contribution in [0.2, 0.25) is 0 Å². The molecule has 13 heteroatoms. The van der Waals surface area contributed by atoms with Crippen LogP contribution in [0.5, 0.6) is 0 Å². The second-order valence-electron chi connectivity index (χ2n) is 10.1. The standard InChI is InChI=1S/C27H34N4O6S3/c1-6-27(4,5)37-26(33)30-20(14-17(2)3)24(32)28-21(25-29-22(16-39-25)23-8-7-13-38-23)15-18-9-11-19(12-10-18)31-40(34,35)36/h6-13,16-17,20-21,31H,1,14-15H2,2-5H3,(H,28,32)(H,30,33)(H,34,35,36)/t20-,21-/m0/s1. The van der Waals surface area contributed by atoms with Crippen molar-refractivity contribution in [2.75, 3.05) is 4.72 Å². The van der Waals surface area contributed by atoms with E-state index < -0.39 is 34.1 Å². The molecule has 40 heavy (non-hydrogen) atoms. The summed E-state index contributed by atoms with van der Waals surface area (Å²) in [4.78, 5) is 31.9. The SMILES string of the molecule is C=CC(C)(C)OC(=O)N[C@@H](CC(C)C)C(=O)N[C@@H](Cc1ccc(NS(=O)(=O)O)cc1)c1nc(-c2cccs2)cs1. The molecule has 0 bridgehead atoms. The first-order chi connectivity index (χ1) is 18.7. The van der Waals surface area contributed by atoms with Gasteiger partial charge in [-0.25, -0.2) is 9.78 Å². The number of anilines is 1. The van der Waals surface area contributed by atoms with E-state index in [-0.39, 0.29) is 17.5 Å². The van der Waals surface area contributed by atoms with E-state index in [0.717, 1.165) is 16.1 Å². The Hall–Kier alpha value is -3.26. The average molecular weight is 607 g/mol. The van der Waals surface area contributed by atoms with Gasteiger partial charge in [0.25, 0.3) is 0 Å². The Bertz CT molecular complexity index is 1400. The normalized spacial score (nSPS) is 13.3. The van der Waals surface area contributed by atoms with Crippen molar-refractivity contribution < 1.29 is 27.3 Å². The van der Waals surface area contributed by atoms with E-state index in [2.05, 4.69) is 17.2 Å². The summed E-state index contributed by atoms with van der Waals surface area (Å²) in [5, 5.41) is 10.3. The van der Waals surface area contributed by atoms with Gasteiger partial charge in [0.2, 0.25) is 5.91 Å². The number of carbonyl (C=O) groups excluding carboxylic acids is 2. The molecule has 3 aromatic rings. The van der Waals surface area contributed by atoms with Gasteiger partial charge >= 0.3 is 16.4 Å². The molecule has 2 atom stereocenters. The molecule has 0 saturated heterocycles. The minimum atomic E-state index is -4.40. The number of amides is 2. The molecule has 0 aliphatic carbocycles. The third kappa shape index (κ3) is 9.73. The van der Waals surface area contributed by atoms with Gasteiger partial charge in [0.15, 0.2) is 0 Å². The molecule has 3 rings (SSSR count). The third-order valence-corrected chi connectivity index (χ3v) is 8.06. The maximum atomic E-state index is 13.5. The molecular formula is C27H34N4O6S3. The Morgan fingerprint density at radius 1 is 1.15 bits per heavy atom. The van der Waals surface area contributed by atoms with Gasteiger partial charge in [-0.05, 0) is 67.8 Å². The van der Waals surface area contributed by atoms with E-state index in [1.165, 1.54) is 29.5 Å². The number of ether oxygens (including phenoxy) is 1. The van der Waals surface area contributed by atoms with Gasteiger partial charge in [-0.1, -0.05) is 38.6 Å². The highest BCUT2D eigenvalue weighted by molar-refractivity contribution is 7.87. The summed E-state index contributed by atoms with van der Waals surface area (Å²) < 4.78 is 38.7. The smallest absolute Gasteiger partial charge is 0.408 e. The zero-order valence-electron chi connectivity index (χ0n) is 22.7. The van der Waals surface area contributed by atoms with Crippen LogP contribution in [-0.2, 0) is 26.3 Å². The average Bonchev–Trinajstić information content (AvgIpc) is 3.55. The lowest BCUT2D eigenvalue weighted by Gasteiger charge is -2.26. The van der Waals surface area contributed by atoms with Gasteiger partial charge in [0.05, 0.1) is 22.3 Å². The molecule has 2 amide bonds. The number of hydrogen-bond donors (Lipinski definition) is 4. The Morgan fingerprint density at radius 2 is 1.85 bits per heavy atom. The molecule has 216 valence electrons. The number of thiophene rings is 1. The van der Waals surface area contributed by atoms with Gasteiger partial charge in [-0.15, -0.1) is 22.7 Å². The first-order valence-corrected chi connectivity index (χ1v) is 15.7. The van der Waals surface area contributed by atoms with Crippen LogP contribution < -0.4 is 15.4 Å². The number of benzene rings is 1. The van der Waals surface area contributed by atoms with Crippen molar-refractivity contribution in [2.24, 2.45) is 5.92 Å². The van der Waals surface area contributed by atoms with Crippen LogP contribution in [0.1, 0.15) is 50.7 Å².